The van der Waals surface area contributed by atoms with Gasteiger partial charge in [0, 0.05) is 0 Å². The van der Waals surface area contributed by atoms with Crippen molar-refractivity contribution in [2.75, 3.05) is 6.61 Å². The van der Waals surface area contributed by atoms with Gasteiger partial charge in [-0.15, -0.1) is 0 Å². The molecule has 1 N–H and O–H groups in total. The second-order valence-electron chi connectivity index (χ2n) is 1.27. The van der Waals surface area contributed by atoms with E-state index in [9.17, 15) is 0 Å². The van der Waals surface area contributed by atoms with Crippen molar-refractivity contribution in [1.82, 2.24) is 0 Å². The minimum atomic E-state index is 0.632. The third-order valence-corrected chi connectivity index (χ3v) is 0.738. The first-order valence-electron chi connectivity index (χ1n) is 2.64. The average Bonchev–Trinajstić information content (AvgIpc) is 1.83. The van der Waals surface area contributed by atoms with Crippen molar-refractivity contribution >= 4 is 6.21 Å². The van der Waals surface area contributed by atoms with Crippen LogP contribution in [-0.4, -0.2) is 12.8 Å². The zero-order valence-electron chi connectivity index (χ0n) is 5.27. The van der Waals surface area contributed by atoms with Crippen LogP contribution in [0.1, 0.15) is 13.8 Å². The fourth-order valence-corrected chi connectivity index (χ4v) is 0.375. The van der Waals surface area contributed by atoms with Crippen LogP contribution in [0, 0.1) is 5.41 Å². The highest BCUT2D eigenvalue weighted by Gasteiger charge is 1.83. The van der Waals surface area contributed by atoms with Crippen LogP contribution < -0.4 is 0 Å². The Morgan fingerprint density at radius 3 is 2.50 bits per heavy atom. The molecule has 0 unspecified atom stereocenters. The Morgan fingerprint density at radius 2 is 2.38 bits per heavy atom. The topological polar surface area (TPSA) is 33.1 Å². The molecule has 0 aromatic heterocycles. The van der Waals surface area contributed by atoms with Crippen molar-refractivity contribution in [2.45, 2.75) is 13.8 Å². The van der Waals surface area contributed by atoms with Gasteiger partial charge in [0.05, 0.1) is 12.8 Å². The smallest absolute Gasteiger partial charge is 0.132 e. The predicted octanol–water partition coefficient (Wildman–Crippen LogP) is 1.58. The molecule has 0 bridgehead atoms. The van der Waals surface area contributed by atoms with E-state index in [1.165, 1.54) is 6.21 Å². The summed E-state index contributed by atoms with van der Waals surface area (Å²) in [6.45, 7) is 4.37. The van der Waals surface area contributed by atoms with Gasteiger partial charge < -0.3 is 10.1 Å². The van der Waals surface area contributed by atoms with Gasteiger partial charge in [-0.1, -0.05) is 0 Å². The van der Waals surface area contributed by atoms with E-state index in [1.54, 1.807) is 6.08 Å². The van der Waals surface area contributed by atoms with Crippen molar-refractivity contribution < 1.29 is 4.74 Å². The molecule has 0 saturated heterocycles. The lowest BCUT2D eigenvalue weighted by molar-refractivity contribution is 0.250. The van der Waals surface area contributed by atoms with Gasteiger partial charge in [-0.05, 0) is 19.9 Å². The SMILES string of the molecule is CC=C(C=N)OCC. The van der Waals surface area contributed by atoms with Gasteiger partial charge in [-0.25, -0.2) is 0 Å². The van der Waals surface area contributed by atoms with Gasteiger partial charge in [0.15, 0.2) is 0 Å². The van der Waals surface area contributed by atoms with Crippen molar-refractivity contribution in [3.8, 4) is 0 Å². The quantitative estimate of drug-likeness (QED) is 0.437. The molecule has 2 nitrogen and oxygen atoms in total. The Balaban J connectivity index is 3.54. The summed E-state index contributed by atoms with van der Waals surface area (Å²) in [6.07, 6.45) is 2.96. The maximum absolute atomic E-state index is 6.74. The van der Waals surface area contributed by atoms with E-state index in [1.807, 2.05) is 13.8 Å². The van der Waals surface area contributed by atoms with Crippen molar-refractivity contribution in [2.24, 2.45) is 0 Å². The van der Waals surface area contributed by atoms with Gasteiger partial charge in [-0.3, -0.25) is 0 Å². The number of hydrogen-bond donors (Lipinski definition) is 1. The molecule has 0 atom stereocenters. The summed E-state index contributed by atoms with van der Waals surface area (Å²) in [7, 11) is 0. The lowest BCUT2D eigenvalue weighted by Gasteiger charge is -1.98. The second-order valence-corrected chi connectivity index (χ2v) is 1.27. The molecule has 46 valence electrons. The van der Waals surface area contributed by atoms with E-state index >= 15 is 0 Å². The summed E-state index contributed by atoms with van der Waals surface area (Å²) in [5.41, 5.74) is 0. The Morgan fingerprint density at radius 1 is 1.75 bits per heavy atom. The third kappa shape index (κ3) is 2.39. The highest BCUT2D eigenvalue weighted by atomic mass is 16.5. The minimum absolute atomic E-state index is 0.632. The highest BCUT2D eigenvalue weighted by Crippen LogP contribution is 1.89. The Hall–Kier alpha value is -0.790. The average molecular weight is 113 g/mol. The molecule has 0 aromatic carbocycles. The highest BCUT2D eigenvalue weighted by molar-refractivity contribution is 5.72. The fraction of sp³-hybridized carbons (Fsp3) is 0.500. The maximum atomic E-state index is 6.74. The number of allylic oxidation sites excluding steroid dienone is 2. The molecule has 0 radical (unpaired) electrons. The Kier molecular flexibility index (Phi) is 3.94. The van der Waals surface area contributed by atoms with E-state index < -0.39 is 0 Å². The summed E-state index contributed by atoms with van der Waals surface area (Å²) >= 11 is 0. The van der Waals surface area contributed by atoms with Gasteiger partial charge in [0.1, 0.15) is 5.76 Å². The van der Waals surface area contributed by atoms with Gasteiger partial charge in [-0.2, -0.15) is 0 Å². The number of hydrogen-bond acceptors (Lipinski definition) is 2. The van der Waals surface area contributed by atoms with Crippen LogP contribution in [0.15, 0.2) is 11.8 Å². The first-order chi connectivity index (χ1) is 3.85. The normalized spacial score (nSPS) is 11.0. The molecule has 2 heteroatoms. The molecule has 0 spiro atoms. The zero-order valence-corrected chi connectivity index (χ0v) is 5.27. The molecule has 0 fully saturated rings. The van der Waals surface area contributed by atoms with Crippen LogP contribution >= 0.6 is 0 Å². The molecular formula is C6H11NO. The molecule has 0 aliphatic heterocycles. The third-order valence-electron chi connectivity index (χ3n) is 0.738. The van der Waals surface area contributed by atoms with Crippen LogP contribution in [0.25, 0.3) is 0 Å². The molecular weight excluding hydrogens is 102 g/mol. The minimum Gasteiger partial charge on any atom is -0.493 e. The monoisotopic (exact) mass is 113 g/mol. The molecule has 8 heavy (non-hydrogen) atoms. The molecule has 0 saturated carbocycles. The van der Waals surface area contributed by atoms with Crippen LogP contribution in [0.4, 0.5) is 0 Å². The van der Waals surface area contributed by atoms with Crippen LogP contribution in [0.3, 0.4) is 0 Å². The summed E-state index contributed by atoms with van der Waals surface area (Å²) in [5, 5.41) is 6.74. The zero-order chi connectivity index (χ0) is 6.41. The van der Waals surface area contributed by atoms with E-state index in [0.717, 1.165) is 0 Å². The number of nitrogens with one attached hydrogen (secondary N) is 1. The molecule has 0 aliphatic rings. The lowest BCUT2D eigenvalue weighted by atomic mass is 10.5. The standard InChI is InChI=1S/C6H11NO/c1-3-6(5-7)8-4-2/h3,5,7H,4H2,1-2H3. The summed E-state index contributed by atoms with van der Waals surface area (Å²) in [5.74, 6) is 0.632. The number of ether oxygens (including phenoxy) is 1. The molecule has 0 rings (SSSR count). The summed E-state index contributed by atoms with van der Waals surface area (Å²) in [4.78, 5) is 0. The van der Waals surface area contributed by atoms with Crippen molar-refractivity contribution in [3.05, 3.63) is 11.8 Å². The Labute approximate surface area is 49.7 Å². The fourth-order valence-electron chi connectivity index (χ4n) is 0.375. The Bertz CT molecular complexity index is 96.7. The van der Waals surface area contributed by atoms with Crippen LogP contribution in [0.2, 0.25) is 0 Å². The van der Waals surface area contributed by atoms with Crippen LogP contribution in [-0.2, 0) is 4.74 Å². The van der Waals surface area contributed by atoms with E-state index in [4.69, 9.17) is 10.1 Å². The molecule has 0 aliphatic carbocycles. The van der Waals surface area contributed by atoms with Gasteiger partial charge in [0.25, 0.3) is 0 Å². The summed E-state index contributed by atoms with van der Waals surface area (Å²) in [6, 6.07) is 0. The molecule has 0 aromatic rings. The van der Waals surface area contributed by atoms with E-state index in [2.05, 4.69) is 0 Å². The molecule has 0 heterocycles. The first kappa shape index (κ1) is 7.21. The van der Waals surface area contributed by atoms with E-state index in [0.29, 0.717) is 12.4 Å². The van der Waals surface area contributed by atoms with E-state index in [-0.39, 0.29) is 0 Å². The largest absolute Gasteiger partial charge is 0.493 e. The lowest BCUT2D eigenvalue weighted by Crippen LogP contribution is -1.90. The van der Waals surface area contributed by atoms with Crippen molar-refractivity contribution in [1.29, 1.82) is 5.41 Å². The molecule has 0 amide bonds. The maximum Gasteiger partial charge on any atom is 0.132 e. The van der Waals surface area contributed by atoms with Crippen LogP contribution in [0.5, 0.6) is 0 Å². The summed E-state index contributed by atoms with van der Waals surface area (Å²) < 4.78 is 4.96. The predicted molar refractivity (Wildman–Crippen MR) is 34.2 cm³/mol. The van der Waals surface area contributed by atoms with Gasteiger partial charge >= 0.3 is 0 Å². The van der Waals surface area contributed by atoms with Crippen molar-refractivity contribution in [3.63, 3.8) is 0 Å². The first-order valence-corrected chi connectivity index (χ1v) is 2.64. The number of rotatable bonds is 3. The second kappa shape index (κ2) is 4.37. The van der Waals surface area contributed by atoms with Gasteiger partial charge in [0.2, 0.25) is 0 Å².